The van der Waals surface area contributed by atoms with Gasteiger partial charge in [0.05, 0.1) is 15.8 Å². The van der Waals surface area contributed by atoms with E-state index in [0.29, 0.717) is 20.9 Å². The zero-order valence-corrected chi connectivity index (χ0v) is 13.2. The van der Waals surface area contributed by atoms with Gasteiger partial charge in [-0.05, 0) is 25.1 Å². The summed E-state index contributed by atoms with van der Waals surface area (Å²) in [7, 11) is 1.86. The molecule has 0 bridgehead atoms. The number of anilines is 1. The van der Waals surface area contributed by atoms with Gasteiger partial charge in [0, 0.05) is 12.7 Å². The third-order valence-corrected chi connectivity index (χ3v) is 4.35. The van der Waals surface area contributed by atoms with Crippen molar-refractivity contribution in [1.82, 2.24) is 14.8 Å². The van der Waals surface area contributed by atoms with Crippen LogP contribution in [0.2, 0.25) is 10.0 Å². The molecule has 1 amide bonds. The van der Waals surface area contributed by atoms with Crippen LogP contribution in [-0.2, 0) is 11.8 Å². The van der Waals surface area contributed by atoms with Crippen LogP contribution in [0.3, 0.4) is 0 Å². The number of aromatic nitrogens is 3. The molecule has 0 aliphatic rings. The van der Waals surface area contributed by atoms with Crippen LogP contribution in [0.4, 0.5) is 5.69 Å². The lowest BCUT2D eigenvalue weighted by atomic mass is 10.3. The van der Waals surface area contributed by atoms with Gasteiger partial charge in [0.15, 0.2) is 5.16 Å². The molecule has 1 N–H and O–H groups in total. The van der Waals surface area contributed by atoms with Crippen molar-refractivity contribution in [3.8, 4) is 0 Å². The fraction of sp³-hybridized carbons (Fsp3) is 0.250. The Morgan fingerprint density at radius 3 is 2.70 bits per heavy atom. The summed E-state index contributed by atoms with van der Waals surface area (Å²) in [6.45, 7) is 1.85. The predicted octanol–water partition coefficient (Wildman–Crippen LogP) is 3.16. The van der Waals surface area contributed by atoms with E-state index in [0.717, 1.165) is 5.82 Å². The standard InChI is InChI=1S/C12H12Cl2N4OS/c1-7-16-17-12(18(7)2)20-6-11(19)15-8-3-4-9(13)10(14)5-8/h3-5H,6H2,1-2H3,(H,15,19). The van der Waals surface area contributed by atoms with E-state index in [1.807, 2.05) is 18.5 Å². The van der Waals surface area contributed by atoms with Crippen molar-refractivity contribution in [1.29, 1.82) is 0 Å². The van der Waals surface area contributed by atoms with E-state index < -0.39 is 0 Å². The lowest BCUT2D eigenvalue weighted by Crippen LogP contribution is -2.14. The number of hydrogen-bond donors (Lipinski definition) is 1. The number of carbonyl (C=O) groups excluding carboxylic acids is 1. The lowest BCUT2D eigenvalue weighted by molar-refractivity contribution is -0.113. The first-order chi connectivity index (χ1) is 9.47. The molecular weight excluding hydrogens is 319 g/mol. The molecular formula is C12H12Cl2N4OS. The zero-order chi connectivity index (χ0) is 14.7. The highest BCUT2D eigenvalue weighted by molar-refractivity contribution is 7.99. The molecule has 2 aromatic rings. The molecule has 0 saturated carbocycles. The van der Waals surface area contributed by atoms with Crippen molar-refractivity contribution in [2.45, 2.75) is 12.1 Å². The van der Waals surface area contributed by atoms with Gasteiger partial charge < -0.3 is 9.88 Å². The second-order valence-electron chi connectivity index (χ2n) is 4.05. The molecule has 0 spiro atoms. The number of nitrogens with zero attached hydrogens (tertiary/aromatic N) is 3. The summed E-state index contributed by atoms with van der Waals surface area (Å²) in [5.41, 5.74) is 0.610. The Hall–Kier alpha value is -1.24. The Morgan fingerprint density at radius 2 is 2.10 bits per heavy atom. The predicted molar refractivity (Wildman–Crippen MR) is 81.6 cm³/mol. The minimum absolute atomic E-state index is 0.144. The van der Waals surface area contributed by atoms with E-state index in [2.05, 4.69) is 15.5 Å². The highest BCUT2D eigenvalue weighted by Gasteiger charge is 2.09. The SMILES string of the molecule is Cc1nnc(SCC(=O)Nc2ccc(Cl)c(Cl)c2)n1C. The second kappa shape index (κ2) is 6.47. The molecule has 8 heteroatoms. The summed E-state index contributed by atoms with van der Waals surface area (Å²) in [5, 5.41) is 12.2. The molecule has 0 saturated heterocycles. The van der Waals surface area contributed by atoms with Crippen molar-refractivity contribution in [3.05, 3.63) is 34.1 Å². The number of hydrogen-bond acceptors (Lipinski definition) is 4. The van der Waals surface area contributed by atoms with E-state index >= 15 is 0 Å². The van der Waals surface area contributed by atoms with Gasteiger partial charge in [-0.25, -0.2) is 0 Å². The van der Waals surface area contributed by atoms with Crippen LogP contribution in [0, 0.1) is 6.92 Å². The highest BCUT2D eigenvalue weighted by Crippen LogP contribution is 2.25. The van der Waals surface area contributed by atoms with Crippen molar-refractivity contribution < 1.29 is 4.79 Å². The molecule has 0 aliphatic carbocycles. The van der Waals surface area contributed by atoms with Crippen LogP contribution in [0.1, 0.15) is 5.82 Å². The number of rotatable bonds is 4. The largest absolute Gasteiger partial charge is 0.325 e. The number of carbonyl (C=O) groups is 1. The number of amides is 1. The van der Waals surface area contributed by atoms with E-state index in [1.165, 1.54) is 11.8 Å². The van der Waals surface area contributed by atoms with Crippen molar-refractivity contribution in [2.24, 2.45) is 7.05 Å². The average Bonchev–Trinajstić information content (AvgIpc) is 2.72. The highest BCUT2D eigenvalue weighted by atomic mass is 35.5. The van der Waals surface area contributed by atoms with Crippen molar-refractivity contribution in [2.75, 3.05) is 11.1 Å². The maximum atomic E-state index is 11.8. The smallest absolute Gasteiger partial charge is 0.234 e. The molecule has 0 fully saturated rings. The van der Waals surface area contributed by atoms with Gasteiger partial charge in [0.1, 0.15) is 5.82 Å². The summed E-state index contributed by atoms with van der Waals surface area (Å²) >= 11 is 13.0. The number of nitrogens with one attached hydrogen (secondary N) is 1. The minimum Gasteiger partial charge on any atom is -0.325 e. The normalized spacial score (nSPS) is 10.6. The molecule has 106 valence electrons. The minimum atomic E-state index is -0.144. The third kappa shape index (κ3) is 3.65. The first-order valence-electron chi connectivity index (χ1n) is 5.71. The first-order valence-corrected chi connectivity index (χ1v) is 7.45. The molecule has 1 aromatic heterocycles. The monoisotopic (exact) mass is 330 g/mol. The molecule has 1 aromatic carbocycles. The lowest BCUT2D eigenvalue weighted by Gasteiger charge is -2.06. The van der Waals surface area contributed by atoms with Crippen LogP contribution in [0.25, 0.3) is 0 Å². The van der Waals surface area contributed by atoms with Crippen LogP contribution in [0.5, 0.6) is 0 Å². The molecule has 0 atom stereocenters. The van der Waals surface area contributed by atoms with E-state index in [-0.39, 0.29) is 11.7 Å². The molecule has 20 heavy (non-hydrogen) atoms. The average molecular weight is 331 g/mol. The van der Waals surface area contributed by atoms with Crippen LogP contribution in [-0.4, -0.2) is 26.4 Å². The van der Waals surface area contributed by atoms with Crippen molar-refractivity contribution in [3.63, 3.8) is 0 Å². The maximum Gasteiger partial charge on any atom is 0.234 e. The molecule has 0 radical (unpaired) electrons. The Morgan fingerprint density at radius 1 is 1.35 bits per heavy atom. The summed E-state index contributed by atoms with van der Waals surface area (Å²) in [4.78, 5) is 11.8. The van der Waals surface area contributed by atoms with Gasteiger partial charge in [-0.1, -0.05) is 35.0 Å². The number of benzene rings is 1. The van der Waals surface area contributed by atoms with E-state index in [9.17, 15) is 4.79 Å². The van der Waals surface area contributed by atoms with Gasteiger partial charge in [-0.15, -0.1) is 10.2 Å². The van der Waals surface area contributed by atoms with Crippen molar-refractivity contribution >= 4 is 46.6 Å². The van der Waals surface area contributed by atoms with Gasteiger partial charge in [0.2, 0.25) is 5.91 Å². The number of thioether (sulfide) groups is 1. The second-order valence-corrected chi connectivity index (χ2v) is 5.81. The molecule has 0 aliphatic heterocycles. The van der Waals surface area contributed by atoms with E-state index in [4.69, 9.17) is 23.2 Å². The van der Waals surface area contributed by atoms with Crippen LogP contribution in [0.15, 0.2) is 23.4 Å². The van der Waals surface area contributed by atoms with Gasteiger partial charge in [0.25, 0.3) is 0 Å². The van der Waals surface area contributed by atoms with Crippen LogP contribution >= 0.6 is 35.0 Å². The van der Waals surface area contributed by atoms with Gasteiger partial charge in [-0.2, -0.15) is 0 Å². The van der Waals surface area contributed by atoms with E-state index in [1.54, 1.807) is 18.2 Å². The topological polar surface area (TPSA) is 59.8 Å². The van der Waals surface area contributed by atoms with Gasteiger partial charge in [-0.3, -0.25) is 4.79 Å². The summed E-state index contributed by atoms with van der Waals surface area (Å²) < 4.78 is 1.83. The first kappa shape index (κ1) is 15.2. The quantitative estimate of drug-likeness (QED) is 0.875. The number of halogens is 2. The van der Waals surface area contributed by atoms with Crippen LogP contribution < -0.4 is 5.32 Å². The molecule has 5 nitrogen and oxygen atoms in total. The Bertz CT molecular complexity index is 644. The third-order valence-electron chi connectivity index (χ3n) is 2.59. The number of aryl methyl sites for hydroxylation is 1. The Labute approximate surface area is 130 Å². The zero-order valence-electron chi connectivity index (χ0n) is 10.9. The molecule has 2 rings (SSSR count). The Balaban J connectivity index is 1.92. The summed E-state index contributed by atoms with van der Waals surface area (Å²) in [6.07, 6.45) is 0. The molecule has 0 unspecified atom stereocenters. The fourth-order valence-corrected chi connectivity index (χ4v) is 2.47. The maximum absolute atomic E-state index is 11.8. The summed E-state index contributed by atoms with van der Waals surface area (Å²) in [6, 6.07) is 4.95. The molecule has 1 heterocycles. The van der Waals surface area contributed by atoms with Gasteiger partial charge >= 0.3 is 0 Å². The Kier molecular flexibility index (Phi) is 4.91. The fourth-order valence-electron chi connectivity index (χ4n) is 1.41. The summed E-state index contributed by atoms with van der Waals surface area (Å²) in [5.74, 6) is 0.901.